The molecule has 2 aromatic rings. The lowest BCUT2D eigenvalue weighted by Crippen LogP contribution is -2.47. The average molecular weight is 410 g/mol. The van der Waals surface area contributed by atoms with Crippen molar-refractivity contribution < 1.29 is 14.3 Å². The van der Waals surface area contributed by atoms with E-state index in [-0.39, 0.29) is 11.8 Å². The molecule has 1 fully saturated rings. The van der Waals surface area contributed by atoms with E-state index in [1.807, 2.05) is 18.2 Å². The zero-order valence-electron chi connectivity index (χ0n) is 17.7. The molecule has 0 aliphatic carbocycles. The number of rotatable bonds is 7. The van der Waals surface area contributed by atoms with E-state index in [0.29, 0.717) is 19.6 Å². The number of carbonyl (C=O) groups is 1. The second-order valence-corrected chi connectivity index (χ2v) is 7.99. The minimum absolute atomic E-state index is 0.0809. The van der Waals surface area contributed by atoms with Crippen molar-refractivity contribution in [3.63, 3.8) is 0 Å². The summed E-state index contributed by atoms with van der Waals surface area (Å²) in [6.45, 7) is 6.41. The van der Waals surface area contributed by atoms with Crippen LogP contribution < -0.4 is 19.7 Å². The molecule has 0 radical (unpaired) electrons. The van der Waals surface area contributed by atoms with Gasteiger partial charge in [-0.3, -0.25) is 9.69 Å². The molecule has 0 unspecified atom stereocenters. The Morgan fingerprint density at radius 3 is 2.70 bits per heavy atom. The predicted molar refractivity (Wildman–Crippen MR) is 118 cm³/mol. The molecule has 0 spiro atoms. The van der Waals surface area contributed by atoms with Crippen LogP contribution in [0.25, 0.3) is 0 Å². The van der Waals surface area contributed by atoms with E-state index in [4.69, 9.17) is 9.47 Å². The van der Waals surface area contributed by atoms with Crippen molar-refractivity contribution in [2.24, 2.45) is 5.92 Å². The van der Waals surface area contributed by atoms with Gasteiger partial charge in [-0.15, -0.1) is 0 Å². The van der Waals surface area contributed by atoms with Gasteiger partial charge < -0.3 is 19.7 Å². The molecule has 30 heavy (non-hydrogen) atoms. The van der Waals surface area contributed by atoms with E-state index < -0.39 is 0 Å². The Balaban J connectivity index is 1.15. The summed E-state index contributed by atoms with van der Waals surface area (Å²) in [5.74, 6) is 1.59. The first-order chi connectivity index (χ1) is 14.7. The van der Waals surface area contributed by atoms with Gasteiger partial charge in [0.2, 0.25) is 5.91 Å². The molecule has 1 N–H and O–H groups in total. The molecule has 160 valence electrons. The Hall–Kier alpha value is -2.73. The Labute approximate surface area is 178 Å². The van der Waals surface area contributed by atoms with Crippen molar-refractivity contribution in [2.45, 2.75) is 12.8 Å². The van der Waals surface area contributed by atoms with Crippen LogP contribution in [0.2, 0.25) is 0 Å². The van der Waals surface area contributed by atoms with E-state index in [1.54, 1.807) is 7.11 Å². The molecule has 2 aliphatic heterocycles. The summed E-state index contributed by atoms with van der Waals surface area (Å²) in [4.78, 5) is 17.5. The first-order valence-electron chi connectivity index (χ1n) is 10.8. The van der Waals surface area contributed by atoms with E-state index >= 15 is 0 Å². The van der Waals surface area contributed by atoms with Crippen LogP contribution in [0.4, 0.5) is 5.69 Å². The molecule has 1 atom stereocenters. The number of hydrogen-bond donors (Lipinski definition) is 1. The molecule has 2 aromatic carbocycles. The highest BCUT2D eigenvalue weighted by Crippen LogP contribution is 2.30. The van der Waals surface area contributed by atoms with Crippen molar-refractivity contribution in [1.29, 1.82) is 0 Å². The third-order valence-corrected chi connectivity index (χ3v) is 5.99. The first kappa shape index (κ1) is 20.5. The topological polar surface area (TPSA) is 54.0 Å². The minimum atomic E-state index is -0.140. The number of fused-ring (bicyclic) bond motifs is 1. The van der Waals surface area contributed by atoms with Crippen molar-refractivity contribution in [1.82, 2.24) is 10.2 Å². The summed E-state index contributed by atoms with van der Waals surface area (Å²) in [6.07, 6.45) is 1.66. The number of methoxy groups -OCH3 is 1. The van der Waals surface area contributed by atoms with Crippen molar-refractivity contribution in [2.75, 3.05) is 57.9 Å². The highest BCUT2D eigenvalue weighted by Gasteiger charge is 2.26. The highest BCUT2D eigenvalue weighted by molar-refractivity contribution is 5.79. The van der Waals surface area contributed by atoms with Gasteiger partial charge >= 0.3 is 0 Å². The lowest BCUT2D eigenvalue weighted by Gasteiger charge is -2.36. The molecule has 6 nitrogen and oxygen atoms in total. The Bertz CT molecular complexity index is 835. The van der Waals surface area contributed by atoms with Gasteiger partial charge in [-0.25, -0.2) is 0 Å². The maximum absolute atomic E-state index is 12.6. The number of ether oxygens (including phenoxy) is 2. The predicted octanol–water partition coefficient (Wildman–Crippen LogP) is 2.57. The number of piperazine rings is 1. The van der Waals surface area contributed by atoms with Gasteiger partial charge in [0, 0.05) is 38.4 Å². The summed E-state index contributed by atoms with van der Waals surface area (Å²) >= 11 is 0. The third kappa shape index (κ3) is 5.05. The molecule has 1 amide bonds. The minimum Gasteiger partial charge on any atom is -0.497 e. The number of anilines is 1. The fourth-order valence-corrected chi connectivity index (χ4v) is 4.19. The summed E-state index contributed by atoms with van der Waals surface area (Å²) in [6, 6.07) is 16.4. The maximum Gasteiger partial charge on any atom is 0.226 e. The van der Waals surface area contributed by atoms with Crippen LogP contribution >= 0.6 is 0 Å². The lowest BCUT2D eigenvalue weighted by molar-refractivity contribution is -0.126. The van der Waals surface area contributed by atoms with E-state index in [1.165, 1.54) is 5.69 Å². The smallest absolute Gasteiger partial charge is 0.226 e. The second-order valence-electron chi connectivity index (χ2n) is 7.99. The summed E-state index contributed by atoms with van der Waals surface area (Å²) in [5.41, 5.74) is 2.34. The zero-order chi connectivity index (χ0) is 20.8. The standard InChI is InChI=1S/C24H31N3O3/c1-29-22-8-9-23-19(17-22)16-20(18-30-23)24(28)25-10-5-11-26-12-14-27(15-13-26)21-6-3-2-4-7-21/h2-4,6-9,17,20H,5,10-16,18H2,1H3,(H,25,28)/t20-/m0/s1. The third-order valence-electron chi connectivity index (χ3n) is 5.99. The summed E-state index contributed by atoms with van der Waals surface area (Å²) in [7, 11) is 1.65. The average Bonchev–Trinajstić information content (AvgIpc) is 2.82. The number of carbonyl (C=O) groups excluding carboxylic acids is 1. The fourth-order valence-electron chi connectivity index (χ4n) is 4.19. The van der Waals surface area contributed by atoms with Crippen molar-refractivity contribution >= 4 is 11.6 Å². The van der Waals surface area contributed by atoms with Gasteiger partial charge in [-0.1, -0.05) is 18.2 Å². The fraction of sp³-hybridized carbons (Fsp3) is 0.458. The molecule has 2 heterocycles. The van der Waals surface area contributed by atoms with Crippen LogP contribution in [0.15, 0.2) is 48.5 Å². The number of benzene rings is 2. The highest BCUT2D eigenvalue weighted by atomic mass is 16.5. The molecule has 6 heteroatoms. The van der Waals surface area contributed by atoms with Gasteiger partial charge in [-0.2, -0.15) is 0 Å². The Kier molecular flexibility index (Phi) is 6.74. The van der Waals surface area contributed by atoms with E-state index in [0.717, 1.165) is 56.2 Å². The van der Waals surface area contributed by atoms with E-state index in [2.05, 4.69) is 45.4 Å². The monoisotopic (exact) mass is 409 g/mol. The number of para-hydroxylation sites is 1. The normalized spacial score (nSPS) is 19.0. The van der Waals surface area contributed by atoms with Gasteiger partial charge in [-0.05, 0) is 55.3 Å². The van der Waals surface area contributed by atoms with Crippen LogP contribution in [-0.4, -0.2) is 63.8 Å². The van der Waals surface area contributed by atoms with Crippen LogP contribution in [-0.2, 0) is 11.2 Å². The molecule has 1 saturated heterocycles. The molecule has 0 saturated carbocycles. The van der Waals surface area contributed by atoms with Crippen molar-refractivity contribution in [3.8, 4) is 11.5 Å². The first-order valence-corrected chi connectivity index (χ1v) is 10.8. The Morgan fingerprint density at radius 2 is 1.93 bits per heavy atom. The number of amides is 1. The van der Waals surface area contributed by atoms with Gasteiger partial charge in [0.15, 0.2) is 0 Å². The van der Waals surface area contributed by atoms with Gasteiger partial charge in [0.1, 0.15) is 18.1 Å². The molecule has 2 aliphatic rings. The van der Waals surface area contributed by atoms with Crippen LogP contribution in [0, 0.1) is 5.92 Å². The quantitative estimate of drug-likeness (QED) is 0.713. The van der Waals surface area contributed by atoms with Crippen LogP contribution in [0.1, 0.15) is 12.0 Å². The number of hydrogen-bond acceptors (Lipinski definition) is 5. The SMILES string of the molecule is COc1ccc2c(c1)C[C@H](C(=O)NCCCN1CCN(c3ccccc3)CC1)CO2. The zero-order valence-corrected chi connectivity index (χ0v) is 17.7. The molecule has 0 aromatic heterocycles. The molecular weight excluding hydrogens is 378 g/mol. The maximum atomic E-state index is 12.6. The van der Waals surface area contributed by atoms with Gasteiger partial charge in [0.25, 0.3) is 0 Å². The van der Waals surface area contributed by atoms with Crippen LogP contribution in [0.3, 0.4) is 0 Å². The second kappa shape index (κ2) is 9.85. The Morgan fingerprint density at radius 1 is 1.13 bits per heavy atom. The molecule has 4 rings (SSSR count). The lowest BCUT2D eigenvalue weighted by atomic mass is 9.96. The molecular formula is C24H31N3O3. The molecule has 0 bridgehead atoms. The van der Waals surface area contributed by atoms with Crippen LogP contribution in [0.5, 0.6) is 11.5 Å². The largest absolute Gasteiger partial charge is 0.497 e. The summed E-state index contributed by atoms with van der Waals surface area (Å²) in [5, 5.41) is 3.10. The van der Waals surface area contributed by atoms with Crippen molar-refractivity contribution in [3.05, 3.63) is 54.1 Å². The summed E-state index contributed by atoms with van der Waals surface area (Å²) < 4.78 is 11.1. The number of nitrogens with zero attached hydrogens (tertiary/aromatic N) is 2. The van der Waals surface area contributed by atoms with Gasteiger partial charge in [0.05, 0.1) is 13.0 Å². The number of nitrogens with one attached hydrogen (secondary N) is 1. The van der Waals surface area contributed by atoms with E-state index in [9.17, 15) is 4.79 Å².